The fourth-order valence-corrected chi connectivity index (χ4v) is 2.97. The zero-order valence-corrected chi connectivity index (χ0v) is 15.3. The first kappa shape index (κ1) is 17.5. The Kier molecular flexibility index (Phi) is 4.89. The molecule has 0 bridgehead atoms. The molecule has 5 nitrogen and oxygen atoms in total. The second-order valence-corrected chi connectivity index (χ2v) is 6.11. The number of methoxy groups -OCH3 is 1. The van der Waals surface area contributed by atoms with Gasteiger partial charge in [-0.3, -0.25) is 9.78 Å². The molecule has 0 atom stereocenters. The van der Waals surface area contributed by atoms with E-state index in [9.17, 15) is 4.79 Å². The van der Waals surface area contributed by atoms with E-state index in [0.717, 1.165) is 10.8 Å². The molecule has 0 aliphatic carbocycles. The Hall–Kier alpha value is -3.86. The lowest BCUT2D eigenvalue weighted by molar-refractivity contribution is 0.102. The number of amides is 1. The summed E-state index contributed by atoms with van der Waals surface area (Å²) in [6.45, 7) is 0. The standard InChI is InChI=1S/C23H18N2O3/c1-27-17-9-6-10-18(15-17)28-21-13-5-8-16-7-4-12-19(22(16)21)25-23(26)20-11-2-3-14-24-20/h2-15H,1H3,(H,25,26). The molecular formula is C23H18N2O3. The van der Waals surface area contributed by atoms with E-state index < -0.39 is 0 Å². The highest BCUT2D eigenvalue weighted by atomic mass is 16.5. The molecule has 0 spiro atoms. The molecule has 4 rings (SSSR count). The number of fused-ring (bicyclic) bond motifs is 1. The molecule has 0 unspecified atom stereocenters. The summed E-state index contributed by atoms with van der Waals surface area (Å²) in [6.07, 6.45) is 1.59. The van der Waals surface area contributed by atoms with Crippen LogP contribution >= 0.6 is 0 Å². The van der Waals surface area contributed by atoms with Crippen LogP contribution in [0.3, 0.4) is 0 Å². The average Bonchev–Trinajstić information content (AvgIpc) is 2.75. The van der Waals surface area contributed by atoms with Crippen molar-refractivity contribution in [3.05, 3.63) is 90.8 Å². The number of pyridine rings is 1. The van der Waals surface area contributed by atoms with Gasteiger partial charge in [-0.2, -0.15) is 0 Å². The number of ether oxygens (including phenoxy) is 2. The summed E-state index contributed by atoms with van der Waals surface area (Å²) in [6, 6.07) is 24.1. The van der Waals surface area contributed by atoms with E-state index in [1.807, 2.05) is 60.7 Å². The van der Waals surface area contributed by atoms with Crippen molar-refractivity contribution in [3.8, 4) is 17.2 Å². The van der Waals surface area contributed by atoms with Crippen LogP contribution in [0.25, 0.3) is 10.8 Å². The van der Waals surface area contributed by atoms with Crippen molar-refractivity contribution in [1.82, 2.24) is 4.98 Å². The van der Waals surface area contributed by atoms with Crippen LogP contribution in [-0.4, -0.2) is 18.0 Å². The summed E-state index contributed by atoms with van der Waals surface area (Å²) in [5, 5.41) is 4.72. The molecule has 3 aromatic carbocycles. The Morgan fingerprint density at radius 3 is 2.46 bits per heavy atom. The number of aromatic nitrogens is 1. The minimum absolute atomic E-state index is 0.274. The number of anilines is 1. The van der Waals surface area contributed by atoms with Gasteiger partial charge in [-0.1, -0.05) is 36.4 Å². The van der Waals surface area contributed by atoms with Crippen LogP contribution in [0.15, 0.2) is 85.1 Å². The van der Waals surface area contributed by atoms with Gasteiger partial charge in [0, 0.05) is 17.6 Å². The molecule has 0 fully saturated rings. The Bertz CT molecular complexity index is 1120. The molecular weight excluding hydrogens is 352 g/mol. The monoisotopic (exact) mass is 370 g/mol. The van der Waals surface area contributed by atoms with Gasteiger partial charge in [-0.15, -0.1) is 0 Å². The van der Waals surface area contributed by atoms with Gasteiger partial charge < -0.3 is 14.8 Å². The predicted octanol–water partition coefficient (Wildman–Crippen LogP) is 5.29. The maximum absolute atomic E-state index is 12.6. The highest BCUT2D eigenvalue weighted by Gasteiger charge is 2.13. The number of carbonyl (C=O) groups is 1. The molecule has 0 aliphatic heterocycles. The first-order valence-corrected chi connectivity index (χ1v) is 8.80. The molecule has 138 valence electrons. The first-order valence-electron chi connectivity index (χ1n) is 8.80. The Morgan fingerprint density at radius 2 is 1.68 bits per heavy atom. The summed E-state index contributed by atoms with van der Waals surface area (Å²) in [5.41, 5.74) is 1.01. The van der Waals surface area contributed by atoms with Crippen LogP contribution < -0.4 is 14.8 Å². The summed E-state index contributed by atoms with van der Waals surface area (Å²) in [5.74, 6) is 1.73. The normalized spacial score (nSPS) is 10.5. The molecule has 1 N–H and O–H groups in total. The zero-order chi connectivity index (χ0) is 19.3. The largest absolute Gasteiger partial charge is 0.497 e. The van der Waals surface area contributed by atoms with Crippen LogP contribution in [0.5, 0.6) is 17.2 Å². The number of nitrogens with zero attached hydrogens (tertiary/aromatic N) is 1. The van der Waals surface area contributed by atoms with Crippen molar-refractivity contribution in [3.63, 3.8) is 0 Å². The van der Waals surface area contributed by atoms with Crippen molar-refractivity contribution in [2.24, 2.45) is 0 Å². The number of carbonyl (C=O) groups excluding carboxylic acids is 1. The van der Waals surface area contributed by atoms with Crippen LogP contribution in [0.2, 0.25) is 0 Å². The summed E-state index contributed by atoms with van der Waals surface area (Å²) >= 11 is 0. The topological polar surface area (TPSA) is 60.5 Å². The molecule has 28 heavy (non-hydrogen) atoms. The average molecular weight is 370 g/mol. The quantitative estimate of drug-likeness (QED) is 0.519. The molecule has 4 aromatic rings. The molecule has 0 saturated heterocycles. The lowest BCUT2D eigenvalue weighted by Crippen LogP contribution is -2.13. The lowest BCUT2D eigenvalue weighted by Gasteiger charge is -2.14. The Morgan fingerprint density at radius 1 is 0.893 bits per heavy atom. The van der Waals surface area contributed by atoms with Crippen LogP contribution in [0, 0.1) is 0 Å². The van der Waals surface area contributed by atoms with Gasteiger partial charge in [0.05, 0.1) is 12.8 Å². The summed E-state index contributed by atoms with van der Waals surface area (Å²) in [4.78, 5) is 16.7. The minimum atomic E-state index is -0.274. The van der Waals surface area contributed by atoms with Gasteiger partial charge in [0.25, 0.3) is 5.91 Å². The molecule has 1 amide bonds. The van der Waals surface area contributed by atoms with Crippen molar-refractivity contribution in [1.29, 1.82) is 0 Å². The summed E-state index contributed by atoms with van der Waals surface area (Å²) in [7, 11) is 1.61. The maximum Gasteiger partial charge on any atom is 0.274 e. The van der Waals surface area contributed by atoms with E-state index in [4.69, 9.17) is 9.47 Å². The smallest absolute Gasteiger partial charge is 0.274 e. The van der Waals surface area contributed by atoms with Gasteiger partial charge in [-0.25, -0.2) is 0 Å². The number of rotatable bonds is 5. The van der Waals surface area contributed by atoms with Gasteiger partial charge in [-0.05, 0) is 41.8 Å². The third-order valence-corrected chi connectivity index (χ3v) is 4.28. The predicted molar refractivity (Wildman–Crippen MR) is 109 cm³/mol. The Labute approximate surface area is 162 Å². The van der Waals surface area contributed by atoms with Crippen molar-refractivity contribution < 1.29 is 14.3 Å². The lowest BCUT2D eigenvalue weighted by atomic mass is 10.1. The van der Waals surface area contributed by atoms with Gasteiger partial charge in [0.1, 0.15) is 22.9 Å². The fourth-order valence-electron chi connectivity index (χ4n) is 2.97. The molecule has 1 heterocycles. The van der Waals surface area contributed by atoms with Gasteiger partial charge >= 0.3 is 0 Å². The van der Waals surface area contributed by atoms with E-state index >= 15 is 0 Å². The minimum Gasteiger partial charge on any atom is -0.497 e. The van der Waals surface area contributed by atoms with E-state index in [-0.39, 0.29) is 5.91 Å². The highest BCUT2D eigenvalue weighted by molar-refractivity contribution is 6.09. The van der Waals surface area contributed by atoms with Crippen LogP contribution in [0.4, 0.5) is 5.69 Å². The van der Waals surface area contributed by atoms with E-state index in [1.165, 1.54) is 0 Å². The number of benzene rings is 3. The second-order valence-electron chi connectivity index (χ2n) is 6.11. The SMILES string of the molecule is COc1cccc(Oc2cccc3cccc(NC(=O)c4ccccn4)c23)c1. The van der Waals surface area contributed by atoms with E-state index in [2.05, 4.69) is 10.3 Å². The number of hydrogen-bond acceptors (Lipinski definition) is 4. The molecule has 0 saturated carbocycles. The van der Waals surface area contributed by atoms with E-state index in [0.29, 0.717) is 28.6 Å². The summed E-state index contributed by atoms with van der Waals surface area (Å²) < 4.78 is 11.4. The number of nitrogens with one attached hydrogen (secondary N) is 1. The molecule has 5 heteroatoms. The number of hydrogen-bond donors (Lipinski definition) is 1. The third kappa shape index (κ3) is 3.64. The van der Waals surface area contributed by atoms with Crippen molar-refractivity contribution in [2.75, 3.05) is 12.4 Å². The second kappa shape index (κ2) is 7.80. The maximum atomic E-state index is 12.6. The third-order valence-electron chi connectivity index (χ3n) is 4.28. The highest BCUT2D eigenvalue weighted by Crippen LogP contribution is 2.36. The fraction of sp³-hybridized carbons (Fsp3) is 0.0435. The Balaban J connectivity index is 1.72. The molecule has 0 aliphatic rings. The first-order chi connectivity index (χ1) is 13.7. The van der Waals surface area contributed by atoms with Crippen LogP contribution in [0.1, 0.15) is 10.5 Å². The van der Waals surface area contributed by atoms with E-state index in [1.54, 1.807) is 31.5 Å². The van der Waals surface area contributed by atoms with Crippen molar-refractivity contribution in [2.45, 2.75) is 0 Å². The molecule has 1 aromatic heterocycles. The van der Waals surface area contributed by atoms with Gasteiger partial charge in [0.15, 0.2) is 0 Å². The van der Waals surface area contributed by atoms with Crippen molar-refractivity contribution >= 4 is 22.4 Å². The van der Waals surface area contributed by atoms with Gasteiger partial charge in [0.2, 0.25) is 0 Å². The van der Waals surface area contributed by atoms with Crippen LogP contribution in [-0.2, 0) is 0 Å². The zero-order valence-electron chi connectivity index (χ0n) is 15.3. The molecule has 0 radical (unpaired) electrons.